The van der Waals surface area contributed by atoms with Crippen molar-refractivity contribution in [1.29, 1.82) is 0 Å². The third-order valence-electron chi connectivity index (χ3n) is 4.88. The average molecular weight is 408 g/mol. The van der Waals surface area contributed by atoms with Crippen LogP contribution in [0.15, 0.2) is 67.0 Å². The van der Waals surface area contributed by atoms with E-state index in [0.29, 0.717) is 19.6 Å². The van der Waals surface area contributed by atoms with Crippen LogP contribution in [0.2, 0.25) is 0 Å². The van der Waals surface area contributed by atoms with Gasteiger partial charge in [-0.15, -0.1) is 0 Å². The lowest BCUT2D eigenvalue weighted by Gasteiger charge is -2.24. The Labute approximate surface area is 177 Å². The third kappa shape index (κ3) is 6.37. The largest absolute Gasteiger partial charge is 0.491 e. The van der Waals surface area contributed by atoms with Gasteiger partial charge < -0.3 is 14.7 Å². The zero-order valence-corrected chi connectivity index (χ0v) is 17.4. The average Bonchev–Trinajstić information content (AvgIpc) is 3.26. The van der Waals surface area contributed by atoms with Crippen LogP contribution < -0.4 is 9.64 Å². The van der Waals surface area contributed by atoms with Crippen molar-refractivity contribution in [2.45, 2.75) is 32.7 Å². The summed E-state index contributed by atoms with van der Waals surface area (Å²) in [6.45, 7) is 5.06. The molecule has 0 amide bonds. The molecule has 3 aromatic rings. The first-order valence-electron chi connectivity index (χ1n) is 10.4. The zero-order valence-electron chi connectivity index (χ0n) is 17.4. The molecular weight excluding hydrogens is 378 g/mol. The number of ether oxygens (including phenoxy) is 1. The predicted octanol–water partition coefficient (Wildman–Crippen LogP) is 4.24. The maximum atomic E-state index is 11.0. The number of rotatable bonds is 12. The summed E-state index contributed by atoms with van der Waals surface area (Å²) in [7, 11) is 0. The summed E-state index contributed by atoms with van der Waals surface area (Å²) in [6.07, 6.45) is 5.26. The molecule has 6 heteroatoms. The molecule has 0 spiro atoms. The van der Waals surface area contributed by atoms with Crippen molar-refractivity contribution in [1.82, 2.24) is 9.78 Å². The summed E-state index contributed by atoms with van der Waals surface area (Å²) in [5, 5.41) is 13.3. The first kappa shape index (κ1) is 21.4. The van der Waals surface area contributed by atoms with Gasteiger partial charge >= 0.3 is 5.97 Å². The fraction of sp³-hybridized carbons (Fsp3) is 0.333. The monoisotopic (exact) mass is 407 g/mol. The highest BCUT2D eigenvalue weighted by Gasteiger charge is 2.10. The third-order valence-corrected chi connectivity index (χ3v) is 4.88. The summed E-state index contributed by atoms with van der Waals surface area (Å²) >= 11 is 0. The quantitative estimate of drug-likeness (QED) is 0.486. The van der Waals surface area contributed by atoms with E-state index in [1.165, 1.54) is 5.69 Å². The number of para-hydroxylation sites is 1. The molecule has 0 aliphatic rings. The number of carboxylic acid groups (broad SMARTS) is 1. The molecule has 1 heterocycles. The summed E-state index contributed by atoms with van der Waals surface area (Å²) in [4.78, 5) is 13.3. The van der Waals surface area contributed by atoms with Gasteiger partial charge in [0.1, 0.15) is 12.4 Å². The fourth-order valence-corrected chi connectivity index (χ4v) is 3.41. The van der Waals surface area contributed by atoms with E-state index in [0.717, 1.165) is 36.4 Å². The highest BCUT2D eigenvalue weighted by Crippen LogP contribution is 2.23. The molecule has 0 saturated heterocycles. The van der Waals surface area contributed by atoms with Gasteiger partial charge in [0, 0.05) is 31.0 Å². The molecule has 2 aromatic carbocycles. The maximum absolute atomic E-state index is 11.0. The lowest BCUT2D eigenvalue weighted by atomic mass is 10.1. The Morgan fingerprint density at radius 1 is 1.13 bits per heavy atom. The number of benzene rings is 2. The maximum Gasteiger partial charge on any atom is 0.303 e. The number of aryl methyl sites for hydroxylation is 1. The van der Waals surface area contributed by atoms with Gasteiger partial charge in [-0.2, -0.15) is 5.10 Å². The second-order valence-corrected chi connectivity index (χ2v) is 7.21. The molecular formula is C24H29N3O3. The van der Waals surface area contributed by atoms with Crippen LogP contribution in [0.1, 0.15) is 30.9 Å². The number of carboxylic acids is 1. The molecule has 0 atom stereocenters. The van der Waals surface area contributed by atoms with Crippen molar-refractivity contribution in [3.8, 4) is 5.75 Å². The Morgan fingerprint density at radius 2 is 1.97 bits per heavy atom. The van der Waals surface area contributed by atoms with Crippen molar-refractivity contribution in [2.24, 2.45) is 0 Å². The smallest absolute Gasteiger partial charge is 0.303 e. The van der Waals surface area contributed by atoms with Crippen molar-refractivity contribution in [3.63, 3.8) is 0 Å². The van der Waals surface area contributed by atoms with E-state index in [1.807, 2.05) is 53.3 Å². The van der Waals surface area contributed by atoms with Crippen LogP contribution in [0.4, 0.5) is 5.69 Å². The summed E-state index contributed by atoms with van der Waals surface area (Å²) in [6, 6.07) is 18.2. The van der Waals surface area contributed by atoms with E-state index < -0.39 is 5.97 Å². The number of hydrogen-bond acceptors (Lipinski definition) is 4. The highest BCUT2D eigenvalue weighted by atomic mass is 16.5. The minimum Gasteiger partial charge on any atom is -0.491 e. The molecule has 0 aliphatic heterocycles. The summed E-state index contributed by atoms with van der Waals surface area (Å²) < 4.78 is 8.02. The zero-order chi connectivity index (χ0) is 21.2. The van der Waals surface area contributed by atoms with E-state index in [2.05, 4.69) is 29.1 Å². The molecule has 30 heavy (non-hydrogen) atoms. The molecule has 1 aromatic heterocycles. The molecule has 0 bridgehead atoms. The summed E-state index contributed by atoms with van der Waals surface area (Å²) in [5.74, 6) is -0.0508. The predicted molar refractivity (Wildman–Crippen MR) is 118 cm³/mol. The number of carbonyl (C=O) groups is 1. The van der Waals surface area contributed by atoms with Crippen LogP contribution >= 0.6 is 0 Å². The van der Waals surface area contributed by atoms with E-state index in [9.17, 15) is 4.79 Å². The molecule has 0 saturated carbocycles. The number of anilines is 1. The molecule has 6 nitrogen and oxygen atoms in total. The van der Waals surface area contributed by atoms with Gasteiger partial charge in [0.25, 0.3) is 0 Å². The lowest BCUT2D eigenvalue weighted by Crippen LogP contribution is -2.29. The van der Waals surface area contributed by atoms with Gasteiger partial charge in [0.2, 0.25) is 0 Å². The Morgan fingerprint density at radius 3 is 2.67 bits per heavy atom. The SMILES string of the molecule is CCCN(CCOc1cc(Cn2cccn2)ccc1CCC(=O)O)c1ccccc1. The topological polar surface area (TPSA) is 67.6 Å². The van der Waals surface area contributed by atoms with Crippen LogP contribution in [0.25, 0.3) is 0 Å². The van der Waals surface area contributed by atoms with Crippen LogP contribution in [-0.4, -0.2) is 40.6 Å². The molecule has 0 fully saturated rings. The lowest BCUT2D eigenvalue weighted by molar-refractivity contribution is -0.136. The van der Waals surface area contributed by atoms with Gasteiger partial charge in [0.05, 0.1) is 13.1 Å². The molecule has 1 N–H and O–H groups in total. The molecule has 0 aliphatic carbocycles. The fourth-order valence-electron chi connectivity index (χ4n) is 3.41. The Bertz CT molecular complexity index is 911. The molecule has 158 valence electrons. The van der Waals surface area contributed by atoms with Crippen molar-refractivity contribution < 1.29 is 14.6 Å². The van der Waals surface area contributed by atoms with Crippen LogP contribution in [0.5, 0.6) is 5.75 Å². The minimum absolute atomic E-state index is 0.0842. The Balaban J connectivity index is 1.69. The van der Waals surface area contributed by atoms with Crippen molar-refractivity contribution in [2.75, 3.05) is 24.6 Å². The number of hydrogen-bond donors (Lipinski definition) is 1. The normalized spacial score (nSPS) is 10.7. The van der Waals surface area contributed by atoms with Gasteiger partial charge in [-0.1, -0.05) is 37.3 Å². The van der Waals surface area contributed by atoms with Gasteiger partial charge in [-0.05, 0) is 48.2 Å². The second-order valence-electron chi connectivity index (χ2n) is 7.21. The van der Waals surface area contributed by atoms with Gasteiger partial charge in [-0.25, -0.2) is 0 Å². The van der Waals surface area contributed by atoms with Crippen molar-refractivity contribution >= 4 is 11.7 Å². The molecule has 3 rings (SSSR count). The summed E-state index contributed by atoms with van der Waals surface area (Å²) in [5.41, 5.74) is 3.17. The first-order chi connectivity index (χ1) is 14.7. The van der Waals surface area contributed by atoms with E-state index in [1.54, 1.807) is 6.20 Å². The van der Waals surface area contributed by atoms with E-state index in [-0.39, 0.29) is 6.42 Å². The van der Waals surface area contributed by atoms with E-state index >= 15 is 0 Å². The molecule has 0 unspecified atom stereocenters. The highest BCUT2D eigenvalue weighted by molar-refractivity contribution is 5.67. The van der Waals surface area contributed by atoms with Crippen LogP contribution in [-0.2, 0) is 17.8 Å². The van der Waals surface area contributed by atoms with Gasteiger partial charge in [0.15, 0.2) is 0 Å². The standard InChI is InChI=1S/C24H29N3O3/c1-2-14-26(22-7-4-3-5-8-22)16-17-30-23-18-20(19-27-15-6-13-25-27)9-10-21(23)11-12-24(28)29/h3-10,13,15,18H,2,11-12,14,16-17,19H2,1H3,(H,28,29). The van der Waals surface area contributed by atoms with Crippen molar-refractivity contribution in [3.05, 3.63) is 78.1 Å². The second kappa shape index (κ2) is 11.0. The molecule has 0 radical (unpaired) electrons. The van der Waals surface area contributed by atoms with E-state index in [4.69, 9.17) is 9.84 Å². The number of nitrogens with zero attached hydrogens (tertiary/aromatic N) is 3. The minimum atomic E-state index is -0.806. The van der Waals surface area contributed by atoms with Crippen LogP contribution in [0, 0.1) is 0 Å². The Hall–Kier alpha value is -3.28. The van der Waals surface area contributed by atoms with Crippen LogP contribution in [0.3, 0.4) is 0 Å². The first-order valence-corrected chi connectivity index (χ1v) is 10.4. The van der Waals surface area contributed by atoms with Gasteiger partial charge in [-0.3, -0.25) is 9.48 Å². The Kier molecular flexibility index (Phi) is 7.89. The number of aliphatic carboxylic acids is 1. The number of aromatic nitrogens is 2.